The Hall–Kier alpha value is -3.56. The highest BCUT2D eigenvalue weighted by Crippen LogP contribution is 2.25. The third-order valence-electron chi connectivity index (χ3n) is 4.46. The molecule has 3 aromatic rings. The average molecular weight is 474 g/mol. The lowest BCUT2D eigenvalue weighted by atomic mass is 10.2. The first-order valence-corrected chi connectivity index (χ1v) is 11.2. The van der Waals surface area contributed by atoms with Gasteiger partial charge in [-0.05, 0) is 48.5 Å². The fourth-order valence-electron chi connectivity index (χ4n) is 2.83. The van der Waals surface area contributed by atoms with E-state index in [1.165, 1.54) is 43.4 Å². The molecule has 0 bridgehead atoms. The number of rotatable bonds is 8. The number of nitrogens with one attached hydrogen (secondary N) is 1. The molecular weight excluding hydrogens is 454 g/mol. The summed E-state index contributed by atoms with van der Waals surface area (Å²) in [4.78, 5) is 23.8. The number of amides is 2. The smallest absolute Gasteiger partial charge is 0.264 e. The Morgan fingerprint density at radius 1 is 1.03 bits per heavy atom. The van der Waals surface area contributed by atoms with Gasteiger partial charge >= 0.3 is 0 Å². The van der Waals surface area contributed by atoms with E-state index in [9.17, 15) is 18.0 Å². The van der Waals surface area contributed by atoms with Gasteiger partial charge in [-0.15, -0.1) is 0 Å². The molecule has 0 aromatic heterocycles. The number of primary amides is 1. The van der Waals surface area contributed by atoms with Crippen molar-refractivity contribution in [1.29, 1.82) is 0 Å². The number of ether oxygens (including phenoxy) is 1. The number of carbonyl (C=O) groups is 2. The number of halogens is 1. The molecule has 8 nitrogen and oxygen atoms in total. The van der Waals surface area contributed by atoms with Gasteiger partial charge in [0, 0.05) is 17.8 Å². The van der Waals surface area contributed by atoms with Crippen LogP contribution in [0.2, 0.25) is 5.02 Å². The SMILES string of the molecule is CN(c1ccccc1)S(=O)(=O)c1cccc(NC(=O)COc2cc(Cl)ccc2C(N)=O)c1. The molecule has 3 N–H and O–H groups in total. The Kier molecular flexibility index (Phi) is 7.01. The fourth-order valence-corrected chi connectivity index (χ4v) is 4.23. The molecule has 3 aromatic carbocycles. The lowest BCUT2D eigenvalue weighted by Crippen LogP contribution is -2.26. The molecule has 0 saturated carbocycles. The van der Waals surface area contributed by atoms with Crippen molar-refractivity contribution < 1.29 is 22.7 Å². The summed E-state index contributed by atoms with van der Waals surface area (Å²) in [7, 11) is -2.39. The Labute approximate surface area is 190 Å². The van der Waals surface area contributed by atoms with Gasteiger partial charge in [0.25, 0.3) is 21.8 Å². The summed E-state index contributed by atoms with van der Waals surface area (Å²) in [6.45, 7) is -0.443. The summed E-state index contributed by atoms with van der Waals surface area (Å²) in [5.74, 6) is -1.22. The normalized spacial score (nSPS) is 10.9. The standard InChI is InChI=1S/C22H20ClN3O5S/c1-26(17-7-3-2-4-8-17)32(29,30)18-9-5-6-16(13-18)25-21(27)14-31-20-12-15(23)10-11-19(20)22(24)28/h2-13H,14H2,1H3,(H2,24,28)(H,25,27). The molecule has 0 unspecified atom stereocenters. The van der Waals surface area contributed by atoms with E-state index in [2.05, 4.69) is 5.32 Å². The summed E-state index contributed by atoms with van der Waals surface area (Å²) < 4.78 is 32.4. The average Bonchev–Trinajstić information content (AvgIpc) is 2.77. The molecule has 0 radical (unpaired) electrons. The quantitative estimate of drug-likeness (QED) is 0.520. The maximum Gasteiger partial charge on any atom is 0.264 e. The van der Waals surface area contributed by atoms with E-state index < -0.39 is 28.4 Å². The van der Waals surface area contributed by atoms with Crippen LogP contribution in [0.1, 0.15) is 10.4 Å². The van der Waals surface area contributed by atoms with E-state index in [-0.39, 0.29) is 21.9 Å². The zero-order chi connectivity index (χ0) is 23.3. The number of benzene rings is 3. The highest BCUT2D eigenvalue weighted by Gasteiger charge is 2.21. The zero-order valence-electron chi connectivity index (χ0n) is 17.0. The van der Waals surface area contributed by atoms with Crippen LogP contribution < -0.4 is 20.1 Å². The minimum Gasteiger partial charge on any atom is -0.483 e. The van der Waals surface area contributed by atoms with E-state index in [0.717, 1.165) is 4.31 Å². The lowest BCUT2D eigenvalue weighted by Gasteiger charge is -2.20. The van der Waals surface area contributed by atoms with Gasteiger partial charge in [0.1, 0.15) is 5.75 Å². The molecule has 0 heterocycles. The van der Waals surface area contributed by atoms with Gasteiger partial charge in [-0.25, -0.2) is 8.42 Å². The summed E-state index contributed by atoms with van der Waals surface area (Å²) in [6, 6.07) is 18.7. The molecule has 0 spiro atoms. The first-order valence-electron chi connectivity index (χ1n) is 9.34. The maximum atomic E-state index is 12.9. The van der Waals surface area contributed by atoms with Gasteiger partial charge in [0.2, 0.25) is 0 Å². The van der Waals surface area contributed by atoms with E-state index >= 15 is 0 Å². The molecule has 0 saturated heterocycles. The number of nitrogens with two attached hydrogens (primary N) is 1. The summed E-state index contributed by atoms with van der Waals surface area (Å²) >= 11 is 5.90. The second-order valence-electron chi connectivity index (χ2n) is 6.68. The topological polar surface area (TPSA) is 119 Å². The van der Waals surface area contributed by atoms with Crippen LogP contribution in [0.25, 0.3) is 0 Å². The van der Waals surface area contributed by atoms with Crippen LogP contribution in [0, 0.1) is 0 Å². The summed E-state index contributed by atoms with van der Waals surface area (Å²) in [5.41, 5.74) is 6.15. The highest BCUT2D eigenvalue weighted by atomic mass is 35.5. The maximum absolute atomic E-state index is 12.9. The molecule has 10 heteroatoms. The van der Waals surface area contributed by atoms with Gasteiger partial charge in [-0.3, -0.25) is 13.9 Å². The van der Waals surface area contributed by atoms with Crippen molar-refractivity contribution in [2.45, 2.75) is 4.90 Å². The van der Waals surface area contributed by atoms with Crippen molar-refractivity contribution in [1.82, 2.24) is 0 Å². The minimum atomic E-state index is -3.84. The molecule has 32 heavy (non-hydrogen) atoms. The zero-order valence-corrected chi connectivity index (χ0v) is 18.6. The molecule has 0 aliphatic heterocycles. The lowest BCUT2D eigenvalue weighted by molar-refractivity contribution is -0.118. The number of para-hydroxylation sites is 1. The van der Waals surface area contributed by atoms with Crippen LogP contribution in [0.3, 0.4) is 0 Å². The molecule has 0 fully saturated rings. The van der Waals surface area contributed by atoms with Gasteiger partial charge < -0.3 is 15.8 Å². The largest absolute Gasteiger partial charge is 0.483 e. The van der Waals surface area contributed by atoms with Crippen LogP contribution in [-0.2, 0) is 14.8 Å². The van der Waals surface area contributed by atoms with E-state index in [4.69, 9.17) is 22.1 Å². The first-order chi connectivity index (χ1) is 15.2. The molecule has 0 aliphatic carbocycles. The predicted molar refractivity (Wildman–Crippen MR) is 123 cm³/mol. The summed E-state index contributed by atoms with van der Waals surface area (Å²) in [5, 5.41) is 2.88. The monoisotopic (exact) mass is 473 g/mol. The van der Waals surface area contributed by atoms with Crippen LogP contribution in [0.5, 0.6) is 5.75 Å². The van der Waals surface area contributed by atoms with Crippen LogP contribution in [-0.4, -0.2) is 33.9 Å². The minimum absolute atomic E-state index is 0.00780. The molecule has 0 atom stereocenters. The van der Waals surface area contributed by atoms with E-state index in [1.54, 1.807) is 36.4 Å². The van der Waals surface area contributed by atoms with E-state index in [1.807, 2.05) is 0 Å². The van der Waals surface area contributed by atoms with Crippen molar-refractivity contribution in [3.05, 3.63) is 83.4 Å². The molecular formula is C22H20ClN3O5S. The van der Waals surface area contributed by atoms with Crippen LogP contribution >= 0.6 is 11.6 Å². The molecule has 166 valence electrons. The number of carbonyl (C=O) groups excluding carboxylic acids is 2. The van der Waals surface area contributed by atoms with Gasteiger partial charge in [-0.2, -0.15) is 0 Å². The highest BCUT2D eigenvalue weighted by molar-refractivity contribution is 7.92. The second-order valence-corrected chi connectivity index (χ2v) is 9.08. The van der Waals surface area contributed by atoms with Crippen LogP contribution in [0.4, 0.5) is 11.4 Å². The number of anilines is 2. The first kappa shape index (κ1) is 23.1. The van der Waals surface area contributed by atoms with Crippen molar-refractivity contribution in [3.63, 3.8) is 0 Å². The van der Waals surface area contributed by atoms with Gasteiger partial charge in [0.15, 0.2) is 6.61 Å². The summed E-state index contributed by atoms with van der Waals surface area (Å²) in [6.07, 6.45) is 0. The van der Waals surface area contributed by atoms with Crippen molar-refractivity contribution in [2.24, 2.45) is 5.73 Å². The fraction of sp³-hybridized carbons (Fsp3) is 0.0909. The predicted octanol–water partition coefficient (Wildman–Crippen LogP) is 3.28. The van der Waals surface area contributed by atoms with E-state index in [0.29, 0.717) is 10.7 Å². The number of hydrogen-bond acceptors (Lipinski definition) is 5. The van der Waals surface area contributed by atoms with Crippen LogP contribution in [0.15, 0.2) is 77.7 Å². The van der Waals surface area contributed by atoms with Gasteiger partial charge in [-0.1, -0.05) is 35.9 Å². The second kappa shape index (κ2) is 9.71. The number of sulfonamides is 1. The Morgan fingerprint density at radius 3 is 2.44 bits per heavy atom. The number of hydrogen-bond donors (Lipinski definition) is 2. The van der Waals surface area contributed by atoms with Crippen molar-refractivity contribution >= 4 is 44.8 Å². The molecule has 3 rings (SSSR count). The van der Waals surface area contributed by atoms with Gasteiger partial charge in [0.05, 0.1) is 16.1 Å². The molecule has 0 aliphatic rings. The number of nitrogens with zero attached hydrogens (tertiary/aromatic N) is 1. The van der Waals surface area contributed by atoms with Crippen molar-refractivity contribution in [3.8, 4) is 5.75 Å². The Bertz CT molecular complexity index is 1250. The van der Waals surface area contributed by atoms with Crippen molar-refractivity contribution in [2.75, 3.05) is 23.3 Å². The molecule has 2 amide bonds. The third-order valence-corrected chi connectivity index (χ3v) is 6.48. The Morgan fingerprint density at radius 2 is 1.75 bits per heavy atom. The third kappa shape index (κ3) is 5.37. The Balaban J connectivity index is 1.72.